The topological polar surface area (TPSA) is 78.4 Å². The molecule has 2 aromatic heterocycles. The lowest BCUT2D eigenvalue weighted by molar-refractivity contribution is -0.138. The number of nitrogens with zero attached hydrogens (tertiary/aromatic N) is 4. The molecule has 1 aliphatic heterocycles. The van der Waals surface area contributed by atoms with Gasteiger partial charge in [0.1, 0.15) is 12.4 Å². The zero-order chi connectivity index (χ0) is 25.4. The van der Waals surface area contributed by atoms with Gasteiger partial charge in [-0.05, 0) is 24.1 Å². The van der Waals surface area contributed by atoms with Gasteiger partial charge in [-0.25, -0.2) is 19.2 Å². The Hall–Kier alpha value is -3.45. The monoisotopic (exact) mass is 493 g/mol. The van der Waals surface area contributed by atoms with Crippen LogP contribution in [0, 0.1) is 11.7 Å². The van der Waals surface area contributed by atoms with Crippen LogP contribution in [0.1, 0.15) is 25.0 Å². The van der Waals surface area contributed by atoms with E-state index < -0.39 is 59.6 Å². The number of halogens is 7. The third-order valence-electron chi connectivity index (χ3n) is 5.09. The average molecular weight is 493 g/mol. The molecule has 0 unspecified atom stereocenters. The second kappa shape index (κ2) is 9.06. The van der Waals surface area contributed by atoms with E-state index in [-0.39, 0.29) is 24.3 Å². The quantitative estimate of drug-likeness (QED) is 0.620. The summed E-state index contributed by atoms with van der Waals surface area (Å²) in [6, 6.07) is 0.0116. The molecule has 0 spiro atoms. The molecule has 1 N–H and O–H groups in total. The minimum atomic E-state index is -4.83. The van der Waals surface area contributed by atoms with E-state index in [1.165, 1.54) is 0 Å². The predicted octanol–water partition coefficient (Wildman–Crippen LogP) is 4.56. The summed E-state index contributed by atoms with van der Waals surface area (Å²) in [6.45, 7) is 2.63. The third kappa shape index (κ3) is 5.37. The summed E-state index contributed by atoms with van der Waals surface area (Å²) in [6.07, 6.45) is -8.24. The van der Waals surface area contributed by atoms with Gasteiger partial charge in [-0.3, -0.25) is 9.69 Å². The summed E-state index contributed by atoms with van der Waals surface area (Å²) in [7, 11) is 0. The first-order chi connectivity index (χ1) is 15.7. The summed E-state index contributed by atoms with van der Waals surface area (Å²) >= 11 is 0. The van der Waals surface area contributed by atoms with Crippen molar-refractivity contribution >= 4 is 23.6 Å². The molecule has 1 aliphatic rings. The normalized spacial score (nSPS) is 17.0. The number of carbonyl (C=O) groups excluding carboxylic acids is 2. The van der Waals surface area contributed by atoms with Crippen molar-refractivity contribution < 1.29 is 40.3 Å². The molecule has 1 saturated heterocycles. The number of hydrogen-bond acceptors (Lipinski definition) is 4. The summed E-state index contributed by atoms with van der Waals surface area (Å²) in [5.74, 6) is -3.52. The van der Waals surface area contributed by atoms with Crippen LogP contribution in [0.4, 0.5) is 47.2 Å². The lowest BCUT2D eigenvalue weighted by atomic mass is 10.0. The van der Waals surface area contributed by atoms with Crippen molar-refractivity contribution in [1.82, 2.24) is 14.9 Å². The molecule has 34 heavy (non-hydrogen) atoms. The molecule has 3 amide bonds. The van der Waals surface area contributed by atoms with Gasteiger partial charge in [0.05, 0.1) is 23.7 Å². The minimum absolute atomic E-state index is 0.166. The van der Waals surface area contributed by atoms with Gasteiger partial charge in [-0.15, -0.1) is 0 Å². The van der Waals surface area contributed by atoms with E-state index >= 15 is 0 Å². The van der Waals surface area contributed by atoms with Crippen LogP contribution in [0.3, 0.4) is 0 Å². The lowest BCUT2D eigenvalue weighted by Crippen LogP contribution is -2.43. The fraction of sp³-hybridized carbons (Fsp3) is 0.400. The molecule has 3 heterocycles. The van der Waals surface area contributed by atoms with E-state index in [0.717, 1.165) is 22.1 Å². The van der Waals surface area contributed by atoms with Gasteiger partial charge < -0.3 is 10.2 Å². The van der Waals surface area contributed by atoms with Gasteiger partial charge in [0.25, 0.3) is 0 Å². The first-order valence-electron chi connectivity index (χ1n) is 9.82. The van der Waals surface area contributed by atoms with Gasteiger partial charge in [-0.2, -0.15) is 26.3 Å². The van der Waals surface area contributed by atoms with E-state index in [1.807, 2.05) is 0 Å². The minimum Gasteiger partial charge on any atom is -0.310 e. The highest BCUT2D eigenvalue weighted by Gasteiger charge is 2.42. The average Bonchev–Trinajstić information content (AvgIpc) is 3.03. The Balaban J connectivity index is 1.79. The number of aromatic nitrogens is 2. The Kier molecular flexibility index (Phi) is 6.71. The van der Waals surface area contributed by atoms with Crippen molar-refractivity contribution in [3.8, 4) is 0 Å². The molecule has 1 fully saturated rings. The highest BCUT2D eigenvalue weighted by molar-refractivity contribution is 5.99. The van der Waals surface area contributed by atoms with Crippen LogP contribution >= 0.6 is 0 Å². The maximum Gasteiger partial charge on any atom is 0.417 e. The van der Waals surface area contributed by atoms with Gasteiger partial charge >= 0.3 is 18.4 Å². The molecule has 3 rings (SSSR count). The van der Waals surface area contributed by atoms with Crippen molar-refractivity contribution in [3.05, 3.63) is 47.5 Å². The van der Waals surface area contributed by atoms with Crippen molar-refractivity contribution in [2.24, 2.45) is 5.92 Å². The zero-order valence-corrected chi connectivity index (χ0v) is 17.7. The van der Waals surface area contributed by atoms with Crippen LogP contribution in [-0.4, -0.2) is 45.9 Å². The first-order valence-corrected chi connectivity index (χ1v) is 9.82. The van der Waals surface area contributed by atoms with Crippen LogP contribution in [0.25, 0.3) is 0 Å². The highest BCUT2D eigenvalue weighted by atomic mass is 19.4. The van der Waals surface area contributed by atoms with Crippen molar-refractivity contribution in [1.29, 1.82) is 0 Å². The van der Waals surface area contributed by atoms with Gasteiger partial charge in [-0.1, -0.05) is 13.8 Å². The van der Waals surface area contributed by atoms with Crippen LogP contribution in [0.15, 0.2) is 30.6 Å². The number of pyridine rings is 2. The molecule has 184 valence electrons. The van der Waals surface area contributed by atoms with E-state index in [9.17, 15) is 40.3 Å². The largest absolute Gasteiger partial charge is 0.417 e. The Bertz CT molecular complexity index is 1090. The number of urea groups is 1. The third-order valence-corrected chi connectivity index (χ3v) is 5.09. The van der Waals surface area contributed by atoms with E-state index in [2.05, 4.69) is 15.3 Å². The van der Waals surface area contributed by atoms with Crippen LogP contribution in [0.5, 0.6) is 0 Å². The fourth-order valence-electron chi connectivity index (χ4n) is 3.39. The molecule has 2 aromatic rings. The number of carbonyl (C=O) groups is 2. The standard InChI is InChI=1S/C20H18F7N5O2/c1-10(2)14-8-32(17-13(21)5-12(7-29-17)20(25,26)27)18(34)31(14)9-16(33)30-15-6-11(3-4-28-15)19(22,23)24/h3-7,10,14H,8-9H2,1-2H3,(H,28,30,33)/t14-/m1/s1. The second-order valence-corrected chi connectivity index (χ2v) is 7.84. The van der Waals surface area contributed by atoms with E-state index in [0.29, 0.717) is 12.3 Å². The number of nitrogens with one attached hydrogen (secondary N) is 1. The van der Waals surface area contributed by atoms with Crippen LogP contribution < -0.4 is 10.2 Å². The SMILES string of the molecule is CC(C)[C@H]1CN(c2ncc(C(F)(F)F)cc2F)C(=O)N1CC(=O)Nc1cc(C(F)(F)F)ccn1. The lowest BCUT2D eigenvalue weighted by Gasteiger charge is -2.25. The molecule has 0 bridgehead atoms. The van der Waals surface area contributed by atoms with Crippen molar-refractivity contribution in [3.63, 3.8) is 0 Å². The van der Waals surface area contributed by atoms with Crippen LogP contribution in [0.2, 0.25) is 0 Å². The van der Waals surface area contributed by atoms with Crippen molar-refractivity contribution in [2.45, 2.75) is 32.2 Å². The number of hydrogen-bond donors (Lipinski definition) is 1. The molecule has 0 aromatic carbocycles. The number of rotatable bonds is 5. The molecule has 0 saturated carbocycles. The van der Waals surface area contributed by atoms with Gasteiger partial charge in [0.2, 0.25) is 5.91 Å². The summed E-state index contributed by atoms with van der Waals surface area (Å²) in [5, 5.41) is 2.17. The number of anilines is 2. The maximum atomic E-state index is 14.4. The Labute approximate surface area is 188 Å². The zero-order valence-electron chi connectivity index (χ0n) is 17.7. The van der Waals surface area contributed by atoms with Crippen LogP contribution in [-0.2, 0) is 17.1 Å². The fourth-order valence-corrected chi connectivity index (χ4v) is 3.39. The summed E-state index contributed by atoms with van der Waals surface area (Å²) < 4.78 is 91.3. The van der Waals surface area contributed by atoms with E-state index in [1.54, 1.807) is 13.8 Å². The van der Waals surface area contributed by atoms with Gasteiger partial charge in [0.15, 0.2) is 11.6 Å². The Morgan fingerprint density at radius 3 is 2.32 bits per heavy atom. The molecule has 7 nitrogen and oxygen atoms in total. The van der Waals surface area contributed by atoms with Gasteiger partial charge in [0, 0.05) is 12.4 Å². The van der Waals surface area contributed by atoms with E-state index in [4.69, 9.17) is 0 Å². The maximum absolute atomic E-state index is 14.4. The smallest absolute Gasteiger partial charge is 0.310 e. The predicted molar refractivity (Wildman–Crippen MR) is 105 cm³/mol. The molecular weight excluding hydrogens is 475 g/mol. The molecule has 1 atom stereocenters. The Morgan fingerprint density at radius 2 is 1.76 bits per heavy atom. The summed E-state index contributed by atoms with van der Waals surface area (Å²) in [4.78, 5) is 34.3. The number of amides is 3. The molecule has 0 radical (unpaired) electrons. The van der Waals surface area contributed by atoms with Crippen molar-refractivity contribution in [2.75, 3.05) is 23.3 Å². The second-order valence-electron chi connectivity index (χ2n) is 7.84. The molecule has 0 aliphatic carbocycles. The summed E-state index contributed by atoms with van der Waals surface area (Å²) in [5.41, 5.74) is -2.37. The number of alkyl halides is 6. The Morgan fingerprint density at radius 1 is 1.12 bits per heavy atom. The molecular formula is C20H18F7N5O2. The molecule has 14 heteroatoms. The first kappa shape index (κ1) is 25.2. The highest BCUT2D eigenvalue weighted by Crippen LogP contribution is 2.33.